The van der Waals surface area contributed by atoms with Crippen molar-refractivity contribution in [3.8, 4) is 0 Å². The molecule has 0 saturated carbocycles. The normalized spacial score (nSPS) is 15.7. The average Bonchev–Trinajstić information content (AvgIpc) is 2.54. The molecule has 5 heteroatoms. The maximum atomic E-state index is 4.72. The average molecular weight is 311 g/mol. The van der Waals surface area contributed by atoms with Gasteiger partial charge in [0.2, 0.25) is 5.95 Å². The molecule has 1 aromatic carbocycles. The second kappa shape index (κ2) is 6.96. The van der Waals surface area contributed by atoms with Gasteiger partial charge in [-0.2, -0.15) is 4.98 Å². The highest BCUT2D eigenvalue weighted by molar-refractivity contribution is 5.56. The first-order chi connectivity index (χ1) is 11.1. The minimum Gasteiger partial charge on any atom is -0.354 e. The molecule has 2 aromatic rings. The molecule has 23 heavy (non-hydrogen) atoms. The van der Waals surface area contributed by atoms with E-state index in [0.717, 1.165) is 49.9 Å². The Labute approximate surface area is 138 Å². The number of rotatable bonds is 4. The minimum absolute atomic E-state index is 0.670. The van der Waals surface area contributed by atoms with E-state index in [2.05, 4.69) is 52.1 Å². The lowest BCUT2D eigenvalue weighted by Crippen LogP contribution is -2.46. The van der Waals surface area contributed by atoms with Crippen LogP contribution in [-0.4, -0.2) is 47.6 Å². The van der Waals surface area contributed by atoms with Crippen LogP contribution in [0.3, 0.4) is 0 Å². The van der Waals surface area contributed by atoms with Gasteiger partial charge >= 0.3 is 0 Å². The van der Waals surface area contributed by atoms with Gasteiger partial charge in [0.25, 0.3) is 0 Å². The summed E-state index contributed by atoms with van der Waals surface area (Å²) in [5.41, 5.74) is 3.24. The molecule has 2 heterocycles. The number of likely N-dealkylation sites (N-methyl/N-ethyl adjacent to an activating group) is 1. The monoisotopic (exact) mass is 311 g/mol. The van der Waals surface area contributed by atoms with Crippen LogP contribution in [0, 0.1) is 13.8 Å². The molecular weight excluding hydrogens is 286 g/mol. The lowest BCUT2D eigenvalue weighted by molar-refractivity contribution is 0.270. The van der Waals surface area contributed by atoms with E-state index in [1.165, 1.54) is 5.56 Å². The minimum atomic E-state index is 0.670. The zero-order valence-corrected chi connectivity index (χ0v) is 14.2. The van der Waals surface area contributed by atoms with Crippen LogP contribution in [0.2, 0.25) is 0 Å². The van der Waals surface area contributed by atoms with Gasteiger partial charge in [-0.3, -0.25) is 0 Å². The Morgan fingerprint density at radius 3 is 2.52 bits per heavy atom. The van der Waals surface area contributed by atoms with Gasteiger partial charge in [0, 0.05) is 43.6 Å². The molecule has 0 spiro atoms. The van der Waals surface area contributed by atoms with E-state index < -0.39 is 0 Å². The zero-order valence-electron chi connectivity index (χ0n) is 14.2. The van der Waals surface area contributed by atoms with Crippen molar-refractivity contribution in [1.29, 1.82) is 0 Å². The molecule has 0 amide bonds. The first kappa shape index (κ1) is 15.7. The lowest BCUT2D eigenvalue weighted by Gasteiger charge is -2.34. The highest BCUT2D eigenvalue weighted by Crippen LogP contribution is 2.20. The Hall–Kier alpha value is -2.14. The van der Waals surface area contributed by atoms with Crippen LogP contribution in [0.5, 0.6) is 0 Å². The molecule has 1 saturated heterocycles. The van der Waals surface area contributed by atoms with Crippen LogP contribution >= 0.6 is 0 Å². The van der Waals surface area contributed by atoms with Crippen LogP contribution in [0.1, 0.15) is 18.2 Å². The summed E-state index contributed by atoms with van der Waals surface area (Å²) >= 11 is 0. The van der Waals surface area contributed by atoms with Crippen molar-refractivity contribution in [2.75, 3.05) is 42.9 Å². The molecule has 1 aromatic heterocycles. The third-order valence-electron chi connectivity index (χ3n) is 4.26. The number of aryl methyl sites for hydroxylation is 2. The summed E-state index contributed by atoms with van der Waals surface area (Å²) in [5.74, 6) is 1.69. The lowest BCUT2D eigenvalue weighted by atomic mass is 10.2. The SMILES string of the molecule is CCN1CCN(c2cc(C)nc(Nc3cccc(C)c3)n2)CC1. The second-order valence-corrected chi connectivity index (χ2v) is 6.11. The van der Waals surface area contributed by atoms with Crippen LogP contribution in [0.4, 0.5) is 17.5 Å². The Kier molecular flexibility index (Phi) is 4.76. The summed E-state index contributed by atoms with van der Waals surface area (Å²) in [6.45, 7) is 11.7. The number of hydrogen-bond donors (Lipinski definition) is 1. The van der Waals surface area contributed by atoms with Crippen molar-refractivity contribution in [1.82, 2.24) is 14.9 Å². The number of hydrogen-bond acceptors (Lipinski definition) is 5. The molecule has 1 aliphatic rings. The second-order valence-electron chi connectivity index (χ2n) is 6.11. The van der Waals surface area contributed by atoms with E-state index in [1.807, 2.05) is 19.1 Å². The molecule has 3 rings (SSSR count). The summed E-state index contributed by atoms with van der Waals surface area (Å²) in [6, 6.07) is 10.3. The summed E-state index contributed by atoms with van der Waals surface area (Å²) in [5, 5.41) is 3.33. The number of benzene rings is 1. The number of aromatic nitrogens is 2. The van der Waals surface area contributed by atoms with Crippen LogP contribution in [-0.2, 0) is 0 Å². The van der Waals surface area contributed by atoms with E-state index in [9.17, 15) is 0 Å². The first-order valence-electron chi connectivity index (χ1n) is 8.30. The van der Waals surface area contributed by atoms with E-state index in [0.29, 0.717) is 5.95 Å². The number of nitrogens with zero attached hydrogens (tertiary/aromatic N) is 4. The van der Waals surface area contributed by atoms with Gasteiger partial charge in [-0.15, -0.1) is 0 Å². The smallest absolute Gasteiger partial charge is 0.229 e. The maximum Gasteiger partial charge on any atom is 0.229 e. The quantitative estimate of drug-likeness (QED) is 0.940. The fourth-order valence-electron chi connectivity index (χ4n) is 2.91. The predicted octanol–water partition coefficient (Wildman–Crippen LogP) is 2.98. The fraction of sp³-hybridized carbons (Fsp3) is 0.444. The van der Waals surface area contributed by atoms with Gasteiger partial charge in [-0.1, -0.05) is 19.1 Å². The van der Waals surface area contributed by atoms with Crippen molar-refractivity contribution in [2.45, 2.75) is 20.8 Å². The van der Waals surface area contributed by atoms with Crippen LogP contribution in [0.25, 0.3) is 0 Å². The van der Waals surface area contributed by atoms with Crippen LogP contribution in [0.15, 0.2) is 30.3 Å². The molecule has 0 aliphatic carbocycles. The third kappa shape index (κ3) is 3.99. The van der Waals surface area contributed by atoms with E-state index in [4.69, 9.17) is 4.98 Å². The molecule has 1 aliphatic heterocycles. The molecule has 0 atom stereocenters. The van der Waals surface area contributed by atoms with Gasteiger partial charge < -0.3 is 15.1 Å². The van der Waals surface area contributed by atoms with Gasteiger partial charge in [0.15, 0.2) is 0 Å². The highest BCUT2D eigenvalue weighted by Gasteiger charge is 2.17. The first-order valence-corrected chi connectivity index (χ1v) is 8.30. The molecule has 1 fully saturated rings. The fourth-order valence-corrected chi connectivity index (χ4v) is 2.91. The molecule has 122 valence electrons. The molecule has 0 bridgehead atoms. The third-order valence-corrected chi connectivity index (χ3v) is 4.26. The summed E-state index contributed by atoms with van der Waals surface area (Å²) < 4.78 is 0. The Morgan fingerprint density at radius 1 is 1.04 bits per heavy atom. The summed E-state index contributed by atoms with van der Waals surface area (Å²) in [6.07, 6.45) is 0. The van der Waals surface area contributed by atoms with Crippen LogP contribution < -0.4 is 10.2 Å². The van der Waals surface area contributed by atoms with Gasteiger partial charge in [-0.25, -0.2) is 4.98 Å². The number of nitrogens with one attached hydrogen (secondary N) is 1. The standard InChI is InChI=1S/C18H25N5/c1-4-22-8-10-23(11-9-22)17-13-15(3)19-18(21-17)20-16-7-5-6-14(2)12-16/h5-7,12-13H,4,8-11H2,1-3H3,(H,19,20,21). The largest absolute Gasteiger partial charge is 0.354 e. The predicted molar refractivity (Wildman–Crippen MR) is 95.6 cm³/mol. The number of anilines is 3. The topological polar surface area (TPSA) is 44.3 Å². The molecule has 1 N–H and O–H groups in total. The van der Waals surface area contributed by atoms with E-state index in [1.54, 1.807) is 0 Å². The van der Waals surface area contributed by atoms with Gasteiger partial charge in [0.1, 0.15) is 5.82 Å². The van der Waals surface area contributed by atoms with Crippen molar-refractivity contribution in [2.24, 2.45) is 0 Å². The van der Waals surface area contributed by atoms with Gasteiger partial charge in [0.05, 0.1) is 0 Å². The Balaban J connectivity index is 1.77. The Morgan fingerprint density at radius 2 is 1.83 bits per heavy atom. The number of piperazine rings is 1. The van der Waals surface area contributed by atoms with Crippen molar-refractivity contribution in [3.05, 3.63) is 41.6 Å². The summed E-state index contributed by atoms with van der Waals surface area (Å²) in [7, 11) is 0. The zero-order chi connectivity index (χ0) is 16.2. The molecule has 0 radical (unpaired) electrons. The molecular formula is C18H25N5. The van der Waals surface area contributed by atoms with Gasteiger partial charge in [-0.05, 0) is 38.1 Å². The molecule has 0 unspecified atom stereocenters. The van der Waals surface area contributed by atoms with Crippen molar-refractivity contribution in [3.63, 3.8) is 0 Å². The molecule has 5 nitrogen and oxygen atoms in total. The van der Waals surface area contributed by atoms with Crippen molar-refractivity contribution < 1.29 is 0 Å². The highest BCUT2D eigenvalue weighted by atomic mass is 15.3. The Bertz CT molecular complexity index is 662. The maximum absolute atomic E-state index is 4.72. The summed E-state index contributed by atoms with van der Waals surface area (Å²) in [4.78, 5) is 14.1. The van der Waals surface area contributed by atoms with Crippen molar-refractivity contribution >= 4 is 17.5 Å². The van der Waals surface area contributed by atoms with E-state index >= 15 is 0 Å². The van der Waals surface area contributed by atoms with E-state index in [-0.39, 0.29) is 0 Å².